The van der Waals surface area contributed by atoms with Crippen LogP contribution < -0.4 is 0 Å². The van der Waals surface area contributed by atoms with E-state index >= 15 is 0 Å². The van der Waals surface area contributed by atoms with E-state index in [9.17, 15) is 29.4 Å². The molecule has 0 amide bonds. The van der Waals surface area contributed by atoms with Gasteiger partial charge in [-0.2, -0.15) is 0 Å². The monoisotopic (exact) mass is 488 g/mol. The van der Waals surface area contributed by atoms with Crippen LogP contribution in [0.5, 0.6) is 0 Å². The normalized spacial score (nSPS) is 32.2. The predicted octanol–water partition coefficient (Wildman–Crippen LogP) is 1.92. The number of ether oxygens (including phenoxy) is 2. The number of aliphatic hydroxyl groups is 2. The van der Waals surface area contributed by atoms with Crippen molar-refractivity contribution >= 4 is 23.5 Å². The van der Waals surface area contributed by atoms with Crippen molar-refractivity contribution in [1.82, 2.24) is 0 Å². The average Bonchev–Trinajstić information content (AvgIpc) is 2.91. The minimum Gasteiger partial charge on any atom is -0.459 e. The second kappa shape index (κ2) is 8.96. The molecular formula is C28H24O8. The third kappa shape index (κ3) is 3.79. The minimum atomic E-state index is -2.18. The molecule has 8 heteroatoms. The number of fused-ring (bicyclic) bond motifs is 1. The van der Waals surface area contributed by atoms with Crippen molar-refractivity contribution in [2.24, 2.45) is 23.7 Å². The summed E-state index contributed by atoms with van der Waals surface area (Å²) in [6.07, 6.45) is 5.95. The number of rotatable bonds is 6. The molecule has 0 heterocycles. The molecule has 6 atom stereocenters. The van der Waals surface area contributed by atoms with E-state index in [0.29, 0.717) is 0 Å². The molecule has 0 aromatic heterocycles. The SMILES string of the molecule is O=C(OC[C@@]1(O)C(=O)C=C[C@H]2[C@@H]1[C@H]1C=C[C@@H]2C(=O)[C@]1(O)COC(=O)c1ccccc1)c1ccccc1. The fourth-order valence-corrected chi connectivity index (χ4v) is 5.48. The van der Waals surface area contributed by atoms with Crippen molar-refractivity contribution in [2.45, 2.75) is 11.2 Å². The summed E-state index contributed by atoms with van der Waals surface area (Å²) >= 11 is 0. The molecule has 184 valence electrons. The minimum absolute atomic E-state index is 0.251. The zero-order valence-corrected chi connectivity index (χ0v) is 19.2. The van der Waals surface area contributed by atoms with Crippen molar-refractivity contribution in [1.29, 1.82) is 0 Å². The highest BCUT2D eigenvalue weighted by Gasteiger charge is 2.66. The van der Waals surface area contributed by atoms with Crippen LogP contribution in [0.4, 0.5) is 0 Å². The molecule has 0 aliphatic heterocycles. The first-order valence-electron chi connectivity index (χ1n) is 11.6. The number of hydrogen-bond donors (Lipinski definition) is 2. The van der Waals surface area contributed by atoms with Gasteiger partial charge in [-0.1, -0.05) is 54.6 Å². The number of esters is 2. The number of Topliss-reactive ketones (excluding diaryl/α,β-unsaturated/α-hetero) is 1. The summed E-state index contributed by atoms with van der Waals surface area (Å²) < 4.78 is 10.6. The Hall–Kier alpha value is -3.88. The summed E-state index contributed by atoms with van der Waals surface area (Å²) in [7, 11) is 0. The van der Waals surface area contributed by atoms with Crippen molar-refractivity contribution in [3.05, 3.63) is 96.1 Å². The van der Waals surface area contributed by atoms with Crippen molar-refractivity contribution in [3.63, 3.8) is 0 Å². The molecule has 2 aromatic rings. The summed E-state index contributed by atoms with van der Waals surface area (Å²) in [5.41, 5.74) is -3.84. The summed E-state index contributed by atoms with van der Waals surface area (Å²) in [5, 5.41) is 23.1. The average molecular weight is 488 g/mol. The number of benzene rings is 2. The molecule has 2 aromatic carbocycles. The second-order valence-electron chi connectivity index (χ2n) is 9.36. The van der Waals surface area contributed by atoms with E-state index in [2.05, 4.69) is 0 Å². The van der Waals surface area contributed by atoms with Gasteiger partial charge in [-0.05, 0) is 36.3 Å². The van der Waals surface area contributed by atoms with Gasteiger partial charge in [0.25, 0.3) is 0 Å². The molecule has 2 bridgehead atoms. The van der Waals surface area contributed by atoms with Gasteiger partial charge in [-0.15, -0.1) is 0 Å². The van der Waals surface area contributed by atoms with E-state index in [1.54, 1.807) is 78.9 Å². The smallest absolute Gasteiger partial charge is 0.338 e. The van der Waals surface area contributed by atoms with Gasteiger partial charge >= 0.3 is 11.9 Å². The van der Waals surface area contributed by atoms with Crippen LogP contribution in [0.1, 0.15) is 20.7 Å². The Morgan fingerprint density at radius 1 is 0.750 bits per heavy atom. The molecule has 36 heavy (non-hydrogen) atoms. The Balaban J connectivity index is 1.41. The van der Waals surface area contributed by atoms with Crippen LogP contribution in [0.3, 0.4) is 0 Å². The largest absolute Gasteiger partial charge is 0.459 e. The second-order valence-corrected chi connectivity index (χ2v) is 9.36. The highest BCUT2D eigenvalue weighted by Crippen LogP contribution is 2.54. The maximum absolute atomic E-state index is 13.3. The molecule has 1 saturated carbocycles. The lowest BCUT2D eigenvalue weighted by Gasteiger charge is -2.56. The van der Waals surface area contributed by atoms with Gasteiger partial charge in [-0.3, -0.25) is 9.59 Å². The molecule has 0 unspecified atom stereocenters. The molecule has 0 radical (unpaired) electrons. The maximum atomic E-state index is 13.3. The summed E-state index contributed by atoms with van der Waals surface area (Å²) in [5.74, 6) is -6.17. The Bertz CT molecular complexity index is 1270. The van der Waals surface area contributed by atoms with Crippen molar-refractivity contribution in [3.8, 4) is 0 Å². The first-order chi connectivity index (χ1) is 17.3. The number of carbonyl (C=O) groups excluding carboxylic acids is 4. The Kier molecular flexibility index (Phi) is 5.94. The first kappa shape index (κ1) is 23.8. The van der Waals surface area contributed by atoms with E-state index < -0.39 is 71.6 Å². The van der Waals surface area contributed by atoms with Crippen LogP contribution in [0.25, 0.3) is 0 Å². The van der Waals surface area contributed by atoms with Gasteiger partial charge < -0.3 is 19.7 Å². The topological polar surface area (TPSA) is 127 Å². The molecule has 4 aliphatic carbocycles. The van der Waals surface area contributed by atoms with Gasteiger partial charge in [0.2, 0.25) is 0 Å². The lowest BCUT2D eigenvalue weighted by Crippen LogP contribution is -2.70. The molecule has 8 nitrogen and oxygen atoms in total. The van der Waals surface area contributed by atoms with E-state index in [0.717, 1.165) is 0 Å². The third-order valence-electron chi connectivity index (χ3n) is 7.34. The Morgan fingerprint density at radius 3 is 1.83 bits per heavy atom. The predicted molar refractivity (Wildman–Crippen MR) is 126 cm³/mol. The van der Waals surface area contributed by atoms with Gasteiger partial charge in [-0.25, -0.2) is 9.59 Å². The lowest BCUT2D eigenvalue weighted by molar-refractivity contribution is -0.191. The summed E-state index contributed by atoms with van der Waals surface area (Å²) in [6, 6.07) is 16.3. The maximum Gasteiger partial charge on any atom is 0.338 e. The van der Waals surface area contributed by atoms with E-state index in [1.807, 2.05) is 0 Å². The molecule has 4 aliphatic rings. The number of carbonyl (C=O) groups is 4. The third-order valence-corrected chi connectivity index (χ3v) is 7.34. The fraction of sp³-hybridized carbons (Fsp3) is 0.286. The van der Waals surface area contributed by atoms with Crippen molar-refractivity contribution in [2.75, 3.05) is 13.2 Å². The molecular weight excluding hydrogens is 464 g/mol. The highest BCUT2D eigenvalue weighted by molar-refractivity contribution is 6.01. The number of hydrogen-bond acceptors (Lipinski definition) is 8. The van der Waals surface area contributed by atoms with Crippen LogP contribution >= 0.6 is 0 Å². The van der Waals surface area contributed by atoms with Gasteiger partial charge in [0.1, 0.15) is 13.2 Å². The molecule has 0 spiro atoms. The van der Waals surface area contributed by atoms with E-state index in [4.69, 9.17) is 9.47 Å². The van der Waals surface area contributed by atoms with Gasteiger partial charge in [0.15, 0.2) is 22.8 Å². The molecule has 6 rings (SSSR count). The zero-order chi connectivity index (χ0) is 25.5. The van der Waals surface area contributed by atoms with Gasteiger partial charge in [0, 0.05) is 17.8 Å². The number of allylic oxidation sites excluding steroid dienone is 2. The fourth-order valence-electron chi connectivity index (χ4n) is 5.48. The first-order valence-corrected chi connectivity index (χ1v) is 11.6. The van der Waals surface area contributed by atoms with Crippen LogP contribution in [0, 0.1) is 23.7 Å². The molecule has 1 fully saturated rings. The Labute approximate surface area is 206 Å². The van der Waals surface area contributed by atoms with E-state index in [-0.39, 0.29) is 11.1 Å². The van der Waals surface area contributed by atoms with Crippen molar-refractivity contribution < 1.29 is 38.9 Å². The van der Waals surface area contributed by atoms with Crippen LogP contribution in [0.2, 0.25) is 0 Å². The quantitative estimate of drug-likeness (QED) is 0.466. The number of ketones is 2. The molecule has 2 N–H and O–H groups in total. The van der Waals surface area contributed by atoms with Gasteiger partial charge in [0.05, 0.1) is 11.1 Å². The Morgan fingerprint density at radius 2 is 1.28 bits per heavy atom. The van der Waals surface area contributed by atoms with E-state index in [1.165, 1.54) is 6.08 Å². The highest BCUT2D eigenvalue weighted by atomic mass is 16.5. The zero-order valence-electron chi connectivity index (χ0n) is 19.2. The molecule has 0 saturated heterocycles. The standard InChI is InChI=1S/C28H24O8/c29-22-14-12-19-20-11-13-21(23(19)28(22,34)16-36-26(32)18-9-5-2-6-10-18)27(33,24(20)30)15-35-25(31)17-7-3-1-4-8-17/h1-14,19-21,23,33-34H,15-16H2/t19-,20+,21-,23-,27+,28-/m1/s1. The van der Waals surface area contributed by atoms with Crippen LogP contribution in [-0.2, 0) is 19.1 Å². The summed E-state index contributed by atoms with van der Waals surface area (Å²) in [4.78, 5) is 51.2. The van der Waals surface area contributed by atoms with Crippen LogP contribution in [0.15, 0.2) is 85.0 Å². The van der Waals surface area contributed by atoms with Crippen LogP contribution in [-0.4, -0.2) is 58.1 Å². The lowest BCUT2D eigenvalue weighted by atomic mass is 9.49. The summed E-state index contributed by atoms with van der Waals surface area (Å²) in [6.45, 7) is -1.30.